The topological polar surface area (TPSA) is 83.2 Å². The molecule has 4 aliphatic rings. The number of halogens is 2. The van der Waals surface area contributed by atoms with Crippen LogP contribution in [0.5, 0.6) is 0 Å². The van der Waals surface area contributed by atoms with Crippen molar-refractivity contribution in [2.75, 3.05) is 41.8 Å². The molecule has 2 aliphatic heterocycles. The lowest BCUT2D eigenvalue weighted by atomic mass is 9.82. The van der Waals surface area contributed by atoms with E-state index in [0.717, 1.165) is 42.5 Å². The molecule has 6 rings (SSSR count). The van der Waals surface area contributed by atoms with Crippen molar-refractivity contribution in [1.29, 1.82) is 0 Å². The van der Waals surface area contributed by atoms with E-state index in [0.29, 0.717) is 36.2 Å². The van der Waals surface area contributed by atoms with E-state index in [1.807, 2.05) is 14.0 Å². The molecule has 4 heterocycles. The number of aromatic nitrogens is 4. The summed E-state index contributed by atoms with van der Waals surface area (Å²) in [5, 5.41) is 11.5. The molecule has 0 amide bonds. The lowest BCUT2D eigenvalue weighted by Crippen LogP contribution is -2.51. The van der Waals surface area contributed by atoms with E-state index in [9.17, 15) is 8.78 Å². The number of hydrogen-bond donors (Lipinski definition) is 1. The lowest BCUT2D eigenvalue weighted by molar-refractivity contribution is -0.0859. The number of hydrogen-bond acceptors (Lipinski definition) is 8. The fourth-order valence-corrected chi connectivity index (χ4v) is 6.78. The monoisotopic (exact) mass is 473 g/mol. The molecular weight excluding hydrogens is 440 g/mol. The molecule has 10 heteroatoms. The molecule has 2 aromatic rings. The van der Waals surface area contributed by atoms with Gasteiger partial charge in [0.05, 0.1) is 0 Å². The Kier molecular flexibility index (Phi) is 4.84. The van der Waals surface area contributed by atoms with Gasteiger partial charge >= 0.3 is 6.01 Å². The summed E-state index contributed by atoms with van der Waals surface area (Å²) in [5.41, 5.74) is 0.863. The van der Waals surface area contributed by atoms with E-state index in [-0.39, 0.29) is 24.3 Å². The minimum absolute atomic E-state index is 0.0888. The van der Waals surface area contributed by atoms with Crippen LogP contribution >= 0.6 is 0 Å². The average molecular weight is 474 g/mol. The van der Waals surface area contributed by atoms with Crippen LogP contribution < -0.4 is 15.1 Å². The maximum atomic E-state index is 13.7. The quantitative estimate of drug-likeness (QED) is 0.702. The van der Waals surface area contributed by atoms with Crippen LogP contribution in [0.2, 0.25) is 0 Å². The molecule has 0 aromatic carbocycles. The average Bonchev–Trinajstić information content (AvgIpc) is 3.37. The first kappa shape index (κ1) is 22.0. The number of alkyl halides is 2. The molecule has 1 saturated heterocycles. The van der Waals surface area contributed by atoms with Gasteiger partial charge in [-0.3, -0.25) is 0 Å². The van der Waals surface area contributed by atoms with Gasteiger partial charge in [0, 0.05) is 69.9 Å². The Labute approximate surface area is 198 Å². The zero-order valence-corrected chi connectivity index (χ0v) is 20.3. The van der Waals surface area contributed by atoms with Gasteiger partial charge in [0.1, 0.15) is 17.5 Å². The van der Waals surface area contributed by atoms with E-state index >= 15 is 0 Å². The summed E-state index contributed by atoms with van der Waals surface area (Å²) < 4.78 is 33.1. The second-order valence-corrected chi connectivity index (χ2v) is 11.3. The number of aryl methyl sites for hydroxylation is 1. The highest BCUT2D eigenvalue weighted by molar-refractivity contribution is 5.68. The summed E-state index contributed by atoms with van der Waals surface area (Å²) in [6.45, 7) is 8.64. The highest BCUT2D eigenvalue weighted by Gasteiger charge is 2.52. The second kappa shape index (κ2) is 7.49. The first-order chi connectivity index (χ1) is 16.1. The summed E-state index contributed by atoms with van der Waals surface area (Å²) >= 11 is 0. The molecule has 2 aliphatic carbocycles. The van der Waals surface area contributed by atoms with Crippen LogP contribution in [-0.4, -0.2) is 58.8 Å². The minimum Gasteiger partial charge on any atom is -0.408 e. The molecule has 1 N–H and O–H groups in total. The molecule has 2 atom stereocenters. The van der Waals surface area contributed by atoms with Crippen molar-refractivity contribution in [2.24, 2.45) is 17.8 Å². The Bertz CT molecular complexity index is 1080. The van der Waals surface area contributed by atoms with Crippen molar-refractivity contribution in [3.63, 3.8) is 0 Å². The number of rotatable bonds is 5. The maximum Gasteiger partial charge on any atom is 0.318 e. The van der Waals surface area contributed by atoms with Crippen molar-refractivity contribution < 1.29 is 13.2 Å². The summed E-state index contributed by atoms with van der Waals surface area (Å²) in [7, 11) is 1.89. The van der Waals surface area contributed by atoms with Gasteiger partial charge in [0.25, 0.3) is 5.92 Å². The van der Waals surface area contributed by atoms with Gasteiger partial charge in [-0.25, -0.2) is 18.7 Å². The minimum atomic E-state index is -2.55. The Hall–Kier alpha value is -2.52. The molecule has 2 aromatic heterocycles. The Morgan fingerprint density at radius 3 is 2.38 bits per heavy atom. The zero-order chi connectivity index (χ0) is 23.8. The largest absolute Gasteiger partial charge is 0.408 e. The molecule has 0 radical (unpaired) electrons. The van der Waals surface area contributed by atoms with Crippen LogP contribution in [0, 0.1) is 24.7 Å². The van der Waals surface area contributed by atoms with Crippen LogP contribution in [0.3, 0.4) is 0 Å². The summed E-state index contributed by atoms with van der Waals surface area (Å²) in [4.78, 5) is 14.3. The molecule has 2 saturated carbocycles. The van der Waals surface area contributed by atoms with E-state index in [1.165, 1.54) is 12.8 Å². The highest BCUT2D eigenvalue weighted by atomic mass is 19.3. The normalized spacial score (nSPS) is 29.3. The molecular formula is C24H33F2N7O. The van der Waals surface area contributed by atoms with Gasteiger partial charge in [-0.1, -0.05) is 18.9 Å². The number of nitrogens with zero attached hydrogens (tertiary/aromatic N) is 6. The molecule has 8 nitrogen and oxygen atoms in total. The first-order valence-electron chi connectivity index (χ1n) is 12.4. The molecule has 34 heavy (non-hydrogen) atoms. The summed E-state index contributed by atoms with van der Waals surface area (Å²) in [6.07, 6.45) is 2.99. The standard InChI is InChI=1S/C24H33F2N7O/c1-13-30-31-22(34-13)32-10-14-5-6-15(11-32)17(14)7-18-28-20(27-4)19-21(29-18)33(12-23(19,2)3)16-8-24(25,26)9-16/h14-17H,5-12H2,1-4H3,(H,27,28,29). The lowest BCUT2D eigenvalue weighted by Gasteiger charge is -2.42. The van der Waals surface area contributed by atoms with Gasteiger partial charge in [-0.05, 0) is 30.6 Å². The second-order valence-electron chi connectivity index (χ2n) is 11.3. The van der Waals surface area contributed by atoms with Crippen molar-refractivity contribution >= 4 is 17.7 Å². The third kappa shape index (κ3) is 3.51. The fraction of sp³-hybridized carbons (Fsp3) is 0.750. The summed E-state index contributed by atoms with van der Waals surface area (Å²) in [5.74, 6) is 2.10. The van der Waals surface area contributed by atoms with Crippen LogP contribution in [0.25, 0.3) is 0 Å². The Morgan fingerprint density at radius 2 is 1.79 bits per heavy atom. The number of fused-ring (bicyclic) bond motifs is 3. The smallest absolute Gasteiger partial charge is 0.318 e. The Morgan fingerprint density at radius 1 is 1.09 bits per heavy atom. The van der Waals surface area contributed by atoms with E-state index in [1.54, 1.807) is 0 Å². The van der Waals surface area contributed by atoms with Crippen LogP contribution in [0.4, 0.5) is 26.4 Å². The van der Waals surface area contributed by atoms with Gasteiger partial charge < -0.3 is 19.5 Å². The van der Waals surface area contributed by atoms with Gasteiger partial charge in [-0.2, -0.15) is 0 Å². The van der Waals surface area contributed by atoms with Crippen LogP contribution in [0.15, 0.2) is 4.42 Å². The van der Waals surface area contributed by atoms with Crippen molar-refractivity contribution in [3.05, 3.63) is 17.3 Å². The van der Waals surface area contributed by atoms with E-state index < -0.39 is 5.92 Å². The van der Waals surface area contributed by atoms with E-state index in [4.69, 9.17) is 14.4 Å². The SMILES string of the molecule is CNc1nc(CC2C3CCC2CN(c2nnc(C)o2)C3)nc2c1C(C)(C)CN2C1CC(F)(F)C1. The molecule has 2 unspecified atom stereocenters. The fourth-order valence-electron chi connectivity index (χ4n) is 6.78. The third-order valence-corrected chi connectivity index (χ3v) is 8.43. The zero-order valence-electron chi connectivity index (χ0n) is 20.3. The maximum absolute atomic E-state index is 13.7. The summed E-state index contributed by atoms with van der Waals surface area (Å²) in [6, 6.07) is 0.467. The van der Waals surface area contributed by atoms with Crippen molar-refractivity contribution in [2.45, 2.75) is 70.3 Å². The highest BCUT2D eigenvalue weighted by Crippen LogP contribution is 2.50. The van der Waals surface area contributed by atoms with Crippen molar-refractivity contribution in [1.82, 2.24) is 20.2 Å². The molecule has 2 bridgehead atoms. The Balaban J connectivity index is 1.26. The third-order valence-electron chi connectivity index (χ3n) is 8.43. The molecule has 3 fully saturated rings. The predicted molar refractivity (Wildman–Crippen MR) is 125 cm³/mol. The molecule has 184 valence electrons. The van der Waals surface area contributed by atoms with Gasteiger partial charge in [-0.15, -0.1) is 5.10 Å². The predicted octanol–water partition coefficient (Wildman–Crippen LogP) is 3.81. The van der Waals surface area contributed by atoms with Gasteiger partial charge in [0.2, 0.25) is 5.89 Å². The van der Waals surface area contributed by atoms with Crippen molar-refractivity contribution in [3.8, 4) is 0 Å². The molecule has 0 spiro atoms. The van der Waals surface area contributed by atoms with Crippen LogP contribution in [0.1, 0.15) is 56.8 Å². The number of piperidine rings is 1. The first-order valence-corrected chi connectivity index (χ1v) is 12.4. The van der Waals surface area contributed by atoms with E-state index in [2.05, 4.69) is 39.2 Å². The number of anilines is 3. The van der Waals surface area contributed by atoms with Gasteiger partial charge in [0.15, 0.2) is 0 Å². The number of nitrogens with one attached hydrogen (secondary N) is 1. The van der Waals surface area contributed by atoms with Crippen LogP contribution in [-0.2, 0) is 11.8 Å².